The van der Waals surface area contributed by atoms with Crippen molar-refractivity contribution in [3.8, 4) is 0 Å². The number of aryl methyl sites for hydroxylation is 1. The van der Waals surface area contributed by atoms with Gasteiger partial charge in [-0.15, -0.1) is 11.3 Å². The lowest BCUT2D eigenvalue weighted by molar-refractivity contribution is 0.582. The highest BCUT2D eigenvalue weighted by Gasteiger charge is 2.14. The maximum absolute atomic E-state index is 12.1. The van der Waals surface area contributed by atoms with Gasteiger partial charge in [0, 0.05) is 17.1 Å². The van der Waals surface area contributed by atoms with E-state index in [-0.39, 0.29) is 11.4 Å². The number of nitrogens with one attached hydrogen (secondary N) is 1. The van der Waals surface area contributed by atoms with Gasteiger partial charge in [-0.05, 0) is 52.7 Å². The molecule has 0 fully saturated rings. The van der Waals surface area contributed by atoms with E-state index in [2.05, 4.69) is 20.7 Å². The second-order valence-corrected chi connectivity index (χ2v) is 8.36. The summed E-state index contributed by atoms with van der Waals surface area (Å²) in [6, 6.07) is 8.49. The van der Waals surface area contributed by atoms with E-state index in [1.165, 1.54) is 17.4 Å². The minimum absolute atomic E-state index is 0.186. The van der Waals surface area contributed by atoms with Crippen LogP contribution in [0.3, 0.4) is 0 Å². The van der Waals surface area contributed by atoms with Crippen LogP contribution < -0.4 is 10.5 Å². The molecule has 19 heavy (non-hydrogen) atoms. The summed E-state index contributed by atoms with van der Waals surface area (Å²) < 4.78 is 27.7. The molecule has 0 amide bonds. The standard InChI is InChI=1S/C12H13BrN2O2S2/c1-8-2-4-10(6-11(8)14)19(16,17)15-7-9-3-5-12(13)18-9/h2-6,15H,7,14H2,1H3. The van der Waals surface area contributed by atoms with Crippen molar-refractivity contribution in [3.63, 3.8) is 0 Å². The monoisotopic (exact) mass is 360 g/mol. The van der Waals surface area contributed by atoms with Crippen molar-refractivity contribution >= 4 is 43.0 Å². The summed E-state index contributed by atoms with van der Waals surface area (Å²) in [5, 5.41) is 0. The van der Waals surface area contributed by atoms with Crippen molar-refractivity contribution in [2.45, 2.75) is 18.4 Å². The first-order chi connectivity index (χ1) is 8.88. The van der Waals surface area contributed by atoms with Crippen molar-refractivity contribution in [1.82, 2.24) is 4.72 Å². The van der Waals surface area contributed by atoms with Gasteiger partial charge in [-0.25, -0.2) is 13.1 Å². The second kappa shape index (κ2) is 5.62. The number of sulfonamides is 1. The third-order valence-electron chi connectivity index (χ3n) is 2.63. The summed E-state index contributed by atoms with van der Waals surface area (Å²) >= 11 is 4.83. The smallest absolute Gasteiger partial charge is 0.240 e. The molecule has 0 saturated carbocycles. The Morgan fingerprint density at radius 3 is 2.63 bits per heavy atom. The molecular weight excluding hydrogens is 348 g/mol. The number of nitrogens with two attached hydrogens (primary N) is 1. The Labute approximate surface area is 124 Å². The van der Waals surface area contributed by atoms with Gasteiger partial charge < -0.3 is 5.73 Å². The van der Waals surface area contributed by atoms with Crippen molar-refractivity contribution < 1.29 is 8.42 Å². The number of rotatable bonds is 4. The maximum atomic E-state index is 12.1. The Bertz CT molecular complexity index is 696. The first-order valence-electron chi connectivity index (χ1n) is 5.48. The highest BCUT2D eigenvalue weighted by atomic mass is 79.9. The predicted octanol–water partition coefficient (Wildman–Crippen LogP) is 2.88. The summed E-state index contributed by atoms with van der Waals surface area (Å²) in [7, 11) is -3.53. The minimum Gasteiger partial charge on any atom is -0.398 e. The Morgan fingerprint density at radius 1 is 1.32 bits per heavy atom. The molecule has 0 aliphatic heterocycles. The molecule has 0 saturated heterocycles. The predicted molar refractivity (Wildman–Crippen MR) is 81.6 cm³/mol. The van der Waals surface area contributed by atoms with Crippen LogP contribution in [0.15, 0.2) is 39.0 Å². The van der Waals surface area contributed by atoms with Gasteiger partial charge >= 0.3 is 0 Å². The van der Waals surface area contributed by atoms with Gasteiger partial charge in [0.15, 0.2) is 0 Å². The van der Waals surface area contributed by atoms with Gasteiger partial charge in [-0.3, -0.25) is 0 Å². The van der Waals surface area contributed by atoms with Crippen molar-refractivity contribution in [2.24, 2.45) is 0 Å². The van der Waals surface area contributed by atoms with Crippen molar-refractivity contribution in [1.29, 1.82) is 0 Å². The van der Waals surface area contributed by atoms with Crippen LogP contribution in [0.4, 0.5) is 5.69 Å². The summed E-state index contributed by atoms with van der Waals surface area (Å²) in [5.74, 6) is 0. The zero-order valence-electron chi connectivity index (χ0n) is 10.2. The fraction of sp³-hybridized carbons (Fsp3) is 0.167. The molecule has 2 rings (SSSR count). The van der Waals surface area contributed by atoms with E-state index in [9.17, 15) is 8.42 Å². The average Bonchev–Trinajstić information content (AvgIpc) is 2.76. The molecule has 1 heterocycles. The van der Waals surface area contributed by atoms with Gasteiger partial charge in [-0.2, -0.15) is 0 Å². The molecule has 1 aromatic carbocycles. The highest BCUT2D eigenvalue weighted by molar-refractivity contribution is 9.11. The van der Waals surface area contributed by atoms with Crippen LogP contribution in [-0.4, -0.2) is 8.42 Å². The van der Waals surface area contributed by atoms with Crippen LogP contribution in [0.25, 0.3) is 0 Å². The molecule has 102 valence electrons. The molecule has 1 aromatic heterocycles. The normalized spacial score (nSPS) is 11.7. The van der Waals surface area contributed by atoms with E-state index in [4.69, 9.17) is 5.73 Å². The summed E-state index contributed by atoms with van der Waals surface area (Å²) in [6.07, 6.45) is 0. The van der Waals surface area contributed by atoms with Crippen LogP contribution in [0, 0.1) is 6.92 Å². The Kier molecular flexibility index (Phi) is 4.29. The zero-order valence-corrected chi connectivity index (χ0v) is 13.4. The lowest BCUT2D eigenvalue weighted by Crippen LogP contribution is -2.22. The molecule has 0 radical (unpaired) electrons. The summed E-state index contributed by atoms with van der Waals surface area (Å²) in [5.41, 5.74) is 7.07. The summed E-state index contributed by atoms with van der Waals surface area (Å²) in [6.45, 7) is 2.11. The maximum Gasteiger partial charge on any atom is 0.240 e. The molecule has 0 unspecified atom stereocenters. The molecule has 0 atom stereocenters. The number of nitrogen functional groups attached to an aromatic ring is 1. The second-order valence-electron chi connectivity index (χ2n) is 4.05. The molecule has 4 nitrogen and oxygen atoms in total. The molecule has 0 aliphatic rings. The van der Waals surface area contributed by atoms with Gasteiger partial charge in [0.25, 0.3) is 0 Å². The summed E-state index contributed by atoms with van der Waals surface area (Å²) in [4.78, 5) is 1.13. The lowest BCUT2D eigenvalue weighted by Gasteiger charge is -2.07. The van der Waals surface area contributed by atoms with Crippen molar-refractivity contribution in [3.05, 3.63) is 44.6 Å². The third kappa shape index (κ3) is 3.56. The van der Waals surface area contributed by atoms with E-state index in [1.807, 2.05) is 19.1 Å². The lowest BCUT2D eigenvalue weighted by atomic mass is 10.2. The molecular formula is C12H13BrN2O2S2. The van der Waals surface area contributed by atoms with E-state index >= 15 is 0 Å². The fourth-order valence-electron chi connectivity index (χ4n) is 1.48. The van der Waals surface area contributed by atoms with Crippen LogP contribution in [0.5, 0.6) is 0 Å². The van der Waals surface area contributed by atoms with E-state index in [0.717, 1.165) is 14.2 Å². The third-order valence-corrected chi connectivity index (χ3v) is 5.65. The number of anilines is 1. The van der Waals surface area contributed by atoms with Gasteiger partial charge in [0.05, 0.1) is 8.68 Å². The molecule has 7 heteroatoms. The molecule has 0 spiro atoms. The molecule has 3 N–H and O–H groups in total. The number of hydrogen-bond acceptors (Lipinski definition) is 4. The Morgan fingerprint density at radius 2 is 2.05 bits per heavy atom. The van der Waals surface area contributed by atoms with Gasteiger partial charge in [0.2, 0.25) is 10.0 Å². The highest BCUT2D eigenvalue weighted by Crippen LogP contribution is 2.23. The molecule has 2 aromatic rings. The minimum atomic E-state index is -3.53. The van der Waals surface area contributed by atoms with E-state index < -0.39 is 10.0 Å². The quantitative estimate of drug-likeness (QED) is 0.823. The van der Waals surface area contributed by atoms with Crippen LogP contribution >= 0.6 is 27.3 Å². The van der Waals surface area contributed by atoms with Crippen molar-refractivity contribution in [2.75, 3.05) is 5.73 Å². The molecule has 0 bridgehead atoms. The SMILES string of the molecule is Cc1ccc(S(=O)(=O)NCc2ccc(Br)s2)cc1N. The number of thiophene rings is 1. The van der Waals surface area contributed by atoms with Crippen LogP contribution in [-0.2, 0) is 16.6 Å². The number of hydrogen-bond donors (Lipinski definition) is 2. The van der Waals surface area contributed by atoms with Crippen LogP contribution in [0.2, 0.25) is 0 Å². The Hall–Kier alpha value is -0.890. The van der Waals surface area contributed by atoms with E-state index in [1.54, 1.807) is 12.1 Å². The Balaban J connectivity index is 2.16. The van der Waals surface area contributed by atoms with E-state index in [0.29, 0.717) is 5.69 Å². The topological polar surface area (TPSA) is 72.2 Å². The van der Waals surface area contributed by atoms with Gasteiger partial charge in [-0.1, -0.05) is 6.07 Å². The van der Waals surface area contributed by atoms with Crippen LogP contribution in [0.1, 0.15) is 10.4 Å². The average molecular weight is 361 g/mol. The zero-order chi connectivity index (χ0) is 14.0. The fourth-order valence-corrected chi connectivity index (χ4v) is 4.04. The first-order valence-corrected chi connectivity index (χ1v) is 8.58. The molecule has 0 aliphatic carbocycles. The van der Waals surface area contributed by atoms with Gasteiger partial charge in [0.1, 0.15) is 0 Å². The number of benzene rings is 1. The largest absolute Gasteiger partial charge is 0.398 e. The first kappa shape index (κ1) is 14.5. The number of halogens is 1.